The quantitative estimate of drug-likeness (QED) is 0.0222. The Balaban J connectivity index is 5.20. The highest BCUT2D eigenvalue weighted by molar-refractivity contribution is 7.47. The number of hydrogen-bond acceptors (Lipinski definition) is 15. The Morgan fingerprint density at radius 2 is 0.455 bits per heavy atom. The first-order chi connectivity index (χ1) is 49.0. The Labute approximate surface area is 619 Å². The third kappa shape index (κ3) is 76.1. The minimum absolute atomic E-state index is 0.107. The van der Waals surface area contributed by atoms with E-state index in [-0.39, 0.29) is 25.7 Å². The molecule has 19 heteroatoms. The van der Waals surface area contributed by atoms with E-state index >= 15 is 0 Å². The van der Waals surface area contributed by atoms with Gasteiger partial charge in [0.05, 0.1) is 26.4 Å². The van der Waals surface area contributed by atoms with E-state index in [2.05, 4.69) is 34.6 Å². The van der Waals surface area contributed by atoms with Crippen LogP contribution in [0.5, 0.6) is 0 Å². The molecule has 2 unspecified atom stereocenters. The van der Waals surface area contributed by atoms with Crippen LogP contribution in [0.2, 0.25) is 0 Å². The van der Waals surface area contributed by atoms with Crippen LogP contribution in [0.1, 0.15) is 439 Å². The van der Waals surface area contributed by atoms with Gasteiger partial charge in [-0.1, -0.05) is 388 Å². The standard InChI is InChI=1S/C82H160O17P2/c1-6-9-12-15-18-21-23-25-27-29-30-31-32-33-35-37-42-47-52-57-62-67-81(86)99-78(72-93-80(85)66-61-56-51-46-41-36-34-28-26-24-22-19-16-13-10-7-2)74-97-101(90,91)95-70-76(83)69-94-100(88,89)96-73-77(71-92-79(84)65-60-55-50-44-20-17-14-11-8-3)98-82(87)68-63-58-53-48-43-39-38-40-45-49-54-59-64-75(4)5/h75-78,83H,6-74H2,1-5H3,(H,88,89)(H,90,91)/t76-,77+,78+/m0/s1. The third-order valence-electron chi connectivity index (χ3n) is 19.3. The normalized spacial score (nSPS) is 13.8. The van der Waals surface area contributed by atoms with Crippen molar-refractivity contribution >= 4 is 39.5 Å². The van der Waals surface area contributed by atoms with Gasteiger partial charge in [-0.25, -0.2) is 9.13 Å². The fraction of sp³-hybridized carbons (Fsp3) is 0.951. The summed E-state index contributed by atoms with van der Waals surface area (Å²) in [7, 11) is -9.92. The fourth-order valence-corrected chi connectivity index (χ4v) is 14.3. The van der Waals surface area contributed by atoms with Crippen molar-refractivity contribution < 1.29 is 80.2 Å². The van der Waals surface area contributed by atoms with Crippen LogP contribution in [0.15, 0.2) is 0 Å². The molecule has 0 aromatic heterocycles. The molecule has 0 aromatic carbocycles. The van der Waals surface area contributed by atoms with Crippen molar-refractivity contribution in [2.45, 2.75) is 457 Å². The van der Waals surface area contributed by atoms with Crippen molar-refractivity contribution in [1.29, 1.82) is 0 Å². The summed E-state index contributed by atoms with van der Waals surface area (Å²) >= 11 is 0. The van der Waals surface area contributed by atoms with E-state index in [9.17, 15) is 43.2 Å². The molecule has 101 heavy (non-hydrogen) atoms. The lowest BCUT2D eigenvalue weighted by molar-refractivity contribution is -0.161. The Bertz CT molecular complexity index is 1930. The molecule has 3 N–H and O–H groups in total. The van der Waals surface area contributed by atoms with Crippen LogP contribution >= 0.6 is 15.6 Å². The monoisotopic (exact) mass is 1480 g/mol. The Morgan fingerprint density at radius 1 is 0.267 bits per heavy atom. The zero-order valence-corrected chi connectivity index (χ0v) is 67.8. The minimum Gasteiger partial charge on any atom is -0.462 e. The van der Waals surface area contributed by atoms with Gasteiger partial charge in [0.25, 0.3) is 0 Å². The molecule has 0 aliphatic rings. The molecule has 17 nitrogen and oxygen atoms in total. The van der Waals surface area contributed by atoms with Gasteiger partial charge in [-0.15, -0.1) is 0 Å². The molecule has 600 valence electrons. The first-order valence-corrected chi connectivity index (χ1v) is 45.6. The second-order valence-electron chi connectivity index (χ2n) is 30.0. The number of unbranched alkanes of at least 4 members (excludes halogenated alkanes) is 54. The summed E-state index contributed by atoms with van der Waals surface area (Å²) in [5, 5.41) is 10.6. The van der Waals surface area contributed by atoms with Crippen molar-refractivity contribution in [3.63, 3.8) is 0 Å². The average molecular weight is 1480 g/mol. The van der Waals surface area contributed by atoms with Crippen molar-refractivity contribution in [1.82, 2.24) is 0 Å². The number of aliphatic hydroxyl groups is 1. The number of phosphoric acid groups is 2. The van der Waals surface area contributed by atoms with Crippen LogP contribution < -0.4 is 0 Å². The molecular formula is C82H160O17P2. The zero-order valence-electron chi connectivity index (χ0n) is 66.1. The molecule has 0 saturated heterocycles. The Hall–Kier alpha value is -1.94. The van der Waals surface area contributed by atoms with Crippen LogP contribution in [0.3, 0.4) is 0 Å². The predicted molar refractivity (Wildman–Crippen MR) is 414 cm³/mol. The average Bonchev–Trinajstić information content (AvgIpc) is 1.06. The van der Waals surface area contributed by atoms with Crippen molar-refractivity contribution in [2.75, 3.05) is 39.6 Å². The van der Waals surface area contributed by atoms with Gasteiger partial charge in [0, 0.05) is 25.7 Å². The molecule has 0 spiro atoms. The maximum Gasteiger partial charge on any atom is 0.472 e. The lowest BCUT2D eigenvalue weighted by Gasteiger charge is -2.21. The van der Waals surface area contributed by atoms with Gasteiger partial charge in [-0.2, -0.15) is 0 Å². The van der Waals surface area contributed by atoms with Crippen molar-refractivity contribution in [2.24, 2.45) is 5.92 Å². The van der Waals surface area contributed by atoms with E-state index in [4.69, 9.17) is 37.0 Å². The minimum atomic E-state index is -4.96. The number of ether oxygens (including phenoxy) is 4. The lowest BCUT2D eigenvalue weighted by atomic mass is 10.0. The second kappa shape index (κ2) is 74.9. The predicted octanol–water partition coefficient (Wildman–Crippen LogP) is 24.8. The number of hydrogen-bond donors (Lipinski definition) is 3. The maximum absolute atomic E-state index is 13.1. The van der Waals surface area contributed by atoms with E-state index in [1.807, 2.05) is 0 Å². The van der Waals surface area contributed by atoms with Gasteiger partial charge in [-0.05, 0) is 31.6 Å². The number of carbonyl (C=O) groups excluding carboxylic acids is 4. The molecule has 0 saturated carbocycles. The maximum atomic E-state index is 13.1. The summed E-state index contributed by atoms with van der Waals surface area (Å²) in [6.07, 6.45) is 66.7. The van der Waals surface area contributed by atoms with Crippen molar-refractivity contribution in [3.05, 3.63) is 0 Å². The van der Waals surface area contributed by atoms with Crippen LogP contribution in [0, 0.1) is 5.92 Å². The van der Waals surface area contributed by atoms with Gasteiger partial charge >= 0.3 is 39.5 Å². The molecule has 5 atom stereocenters. The molecule has 0 aliphatic carbocycles. The summed E-state index contributed by atoms with van der Waals surface area (Å²) in [6, 6.07) is 0. The number of rotatable bonds is 82. The van der Waals surface area contributed by atoms with Gasteiger partial charge in [0.2, 0.25) is 0 Å². The molecule has 0 aliphatic heterocycles. The highest BCUT2D eigenvalue weighted by Gasteiger charge is 2.30. The first-order valence-electron chi connectivity index (χ1n) is 42.6. The second-order valence-corrected chi connectivity index (χ2v) is 32.9. The first kappa shape index (κ1) is 99.1. The summed E-state index contributed by atoms with van der Waals surface area (Å²) in [6.45, 7) is 7.33. The molecule has 0 radical (unpaired) electrons. The van der Waals surface area contributed by atoms with Crippen LogP contribution in [0.4, 0.5) is 0 Å². The SMILES string of the molecule is CCCCCCCCCCCCCCCCCCCCCCCC(=O)O[C@H](COC(=O)CCCCCCCCCCCCCCCCCC)COP(=O)(O)OC[C@@H](O)COP(=O)(O)OC[C@@H](COC(=O)CCCCCCCCCCC)OC(=O)CCCCCCCCCCCCCCC(C)C. The number of esters is 4. The topological polar surface area (TPSA) is 237 Å². The van der Waals surface area contributed by atoms with Gasteiger partial charge in [0.15, 0.2) is 12.2 Å². The third-order valence-corrected chi connectivity index (χ3v) is 21.2. The van der Waals surface area contributed by atoms with Gasteiger partial charge in [0.1, 0.15) is 19.3 Å². The largest absolute Gasteiger partial charge is 0.472 e. The summed E-state index contributed by atoms with van der Waals surface area (Å²) in [5.41, 5.74) is 0. The fourth-order valence-electron chi connectivity index (χ4n) is 12.8. The molecule has 0 fully saturated rings. The number of aliphatic hydroxyl groups excluding tert-OH is 1. The number of phosphoric ester groups is 2. The zero-order chi connectivity index (χ0) is 74.1. The molecule has 0 amide bonds. The summed E-state index contributed by atoms with van der Waals surface area (Å²) in [4.78, 5) is 73.0. The van der Waals surface area contributed by atoms with E-state index in [0.29, 0.717) is 25.7 Å². The van der Waals surface area contributed by atoms with Crippen LogP contribution in [-0.2, 0) is 65.4 Å². The summed E-state index contributed by atoms with van der Waals surface area (Å²) in [5.74, 6) is -1.33. The van der Waals surface area contributed by atoms with Crippen LogP contribution in [0.25, 0.3) is 0 Å². The highest BCUT2D eigenvalue weighted by atomic mass is 31.2. The van der Waals surface area contributed by atoms with Crippen LogP contribution in [-0.4, -0.2) is 96.7 Å². The Morgan fingerprint density at radius 3 is 0.673 bits per heavy atom. The van der Waals surface area contributed by atoms with E-state index < -0.39 is 97.5 Å². The smallest absolute Gasteiger partial charge is 0.462 e. The van der Waals surface area contributed by atoms with E-state index in [1.165, 1.54) is 263 Å². The lowest BCUT2D eigenvalue weighted by Crippen LogP contribution is -2.30. The Kier molecular flexibility index (Phi) is 73.5. The summed E-state index contributed by atoms with van der Waals surface area (Å²) < 4.78 is 68.7. The molecular weight excluding hydrogens is 1320 g/mol. The van der Waals surface area contributed by atoms with E-state index in [0.717, 1.165) is 95.8 Å². The molecule has 0 aromatic rings. The van der Waals surface area contributed by atoms with Crippen molar-refractivity contribution in [3.8, 4) is 0 Å². The highest BCUT2D eigenvalue weighted by Crippen LogP contribution is 2.45. The van der Waals surface area contributed by atoms with E-state index in [1.54, 1.807) is 0 Å². The van der Waals surface area contributed by atoms with Gasteiger partial charge in [-0.3, -0.25) is 37.3 Å². The molecule has 0 bridgehead atoms. The molecule has 0 heterocycles. The molecule has 0 rings (SSSR count). The van der Waals surface area contributed by atoms with Gasteiger partial charge < -0.3 is 33.8 Å². The number of carbonyl (C=O) groups is 4.